The lowest BCUT2D eigenvalue weighted by molar-refractivity contribution is -0.0134. The van der Waals surface area contributed by atoms with Crippen LogP contribution in [0.15, 0.2) is 12.3 Å². The van der Waals surface area contributed by atoms with Crippen molar-refractivity contribution in [1.82, 2.24) is 14.9 Å². The smallest absolute Gasteiger partial charge is 0.215 e. The third-order valence-electron chi connectivity index (χ3n) is 6.58. The Hall–Kier alpha value is -1.55. The standard InChI is InChI=1S/C19H25N3O/c1-3-12-6-11-7-14-18-13(4-5-22(10-11)19(12)14)15-9-20-17(23-2)8-16(15)21-18/h8-9,11-12,14,19,21H,3-7,10H2,1-2H3. The van der Waals surface area contributed by atoms with Gasteiger partial charge in [0.1, 0.15) is 0 Å². The number of aromatic amines is 1. The summed E-state index contributed by atoms with van der Waals surface area (Å²) in [4.78, 5) is 11.0. The molecular formula is C19H25N3O. The summed E-state index contributed by atoms with van der Waals surface area (Å²) >= 11 is 0. The van der Waals surface area contributed by atoms with E-state index in [1.165, 1.54) is 54.5 Å². The molecule has 0 radical (unpaired) electrons. The van der Waals surface area contributed by atoms with Crippen LogP contribution >= 0.6 is 0 Å². The number of methoxy groups -OCH3 is 1. The van der Waals surface area contributed by atoms with Crippen molar-refractivity contribution in [2.75, 3.05) is 20.2 Å². The second kappa shape index (κ2) is 4.97. The summed E-state index contributed by atoms with van der Waals surface area (Å²) < 4.78 is 5.30. The van der Waals surface area contributed by atoms with Crippen LogP contribution in [-0.4, -0.2) is 41.1 Å². The fraction of sp³-hybridized carbons (Fsp3) is 0.632. The van der Waals surface area contributed by atoms with Gasteiger partial charge in [-0.15, -0.1) is 0 Å². The maximum atomic E-state index is 5.30. The van der Waals surface area contributed by atoms with Crippen LogP contribution in [0.1, 0.15) is 43.4 Å². The number of aromatic nitrogens is 2. The molecule has 4 nitrogen and oxygen atoms in total. The summed E-state index contributed by atoms with van der Waals surface area (Å²) in [7, 11) is 1.69. The molecule has 1 N–H and O–H groups in total. The van der Waals surface area contributed by atoms with Crippen LogP contribution < -0.4 is 4.74 Å². The zero-order chi connectivity index (χ0) is 15.6. The Morgan fingerprint density at radius 1 is 1.39 bits per heavy atom. The number of nitrogens with zero attached hydrogens (tertiary/aromatic N) is 2. The first-order chi connectivity index (χ1) is 11.3. The van der Waals surface area contributed by atoms with Gasteiger partial charge in [-0.25, -0.2) is 4.98 Å². The molecule has 0 amide bonds. The van der Waals surface area contributed by atoms with Crippen LogP contribution in [0.4, 0.5) is 0 Å². The van der Waals surface area contributed by atoms with Crippen LogP contribution in [0.2, 0.25) is 0 Å². The first-order valence-electron chi connectivity index (χ1n) is 9.07. The van der Waals surface area contributed by atoms with E-state index in [0.717, 1.165) is 24.3 Å². The van der Waals surface area contributed by atoms with E-state index in [4.69, 9.17) is 4.74 Å². The van der Waals surface area contributed by atoms with Crippen LogP contribution in [0.25, 0.3) is 10.9 Å². The van der Waals surface area contributed by atoms with Gasteiger partial charge < -0.3 is 9.72 Å². The van der Waals surface area contributed by atoms with Gasteiger partial charge in [-0.1, -0.05) is 13.3 Å². The van der Waals surface area contributed by atoms with Crippen molar-refractivity contribution in [1.29, 1.82) is 0 Å². The molecule has 2 saturated heterocycles. The Kier molecular flexibility index (Phi) is 2.99. The number of H-pyrrole nitrogens is 1. The molecule has 2 aromatic heterocycles. The molecular weight excluding hydrogens is 286 g/mol. The summed E-state index contributed by atoms with van der Waals surface area (Å²) in [5.74, 6) is 3.15. The molecule has 5 heterocycles. The number of piperidine rings is 2. The minimum atomic E-state index is 0.684. The molecule has 0 aromatic carbocycles. The van der Waals surface area contributed by atoms with Gasteiger partial charge in [0.2, 0.25) is 5.88 Å². The van der Waals surface area contributed by atoms with E-state index < -0.39 is 0 Å². The molecule has 3 aliphatic heterocycles. The zero-order valence-electron chi connectivity index (χ0n) is 14.0. The Labute approximate surface area is 137 Å². The van der Waals surface area contributed by atoms with Crippen LogP contribution in [0, 0.1) is 11.8 Å². The second-order valence-corrected chi connectivity index (χ2v) is 7.64. The van der Waals surface area contributed by atoms with Crippen molar-refractivity contribution in [2.45, 2.75) is 44.6 Å². The van der Waals surface area contributed by atoms with Crippen molar-refractivity contribution in [3.05, 3.63) is 23.5 Å². The Morgan fingerprint density at radius 2 is 2.30 bits per heavy atom. The predicted molar refractivity (Wildman–Crippen MR) is 91.0 cm³/mol. The van der Waals surface area contributed by atoms with Crippen LogP contribution in [0.3, 0.4) is 0 Å². The molecule has 23 heavy (non-hydrogen) atoms. The maximum absolute atomic E-state index is 5.30. The van der Waals surface area contributed by atoms with Crippen molar-refractivity contribution in [3.8, 4) is 5.88 Å². The molecule has 5 unspecified atom stereocenters. The molecule has 122 valence electrons. The molecule has 1 saturated carbocycles. The first-order valence-corrected chi connectivity index (χ1v) is 9.07. The van der Waals surface area contributed by atoms with Crippen molar-refractivity contribution in [2.24, 2.45) is 11.8 Å². The summed E-state index contributed by atoms with van der Waals surface area (Å²) in [6.07, 6.45) is 7.28. The largest absolute Gasteiger partial charge is 0.481 e. The Balaban J connectivity index is 1.66. The predicted octanol–water partition coefficient (Wildman–Crippen LogP) is 3.33. The highest BCUT2D eigenvalue weighted by Crippen LogP contribution is 2.51. The van der Waals surface area contributed by atoms with Gasteiger partial charge in [0.25, 0.3) is 0 Å². The van der Waals surface area contributed by atoms with Gasteiger partial charge in [-0.05, 0) is 36.7 Å². The van der Waals surface area contributed by atoms with Gasteiger partial charge in [0, 0.05) is 48.4 Å². The van der Waals surface area contributed by atoms with E-state index in [1.807, 2.05) is 6.20 Å². The maximum Gasteiger partial charge on any atom is 0.215 e. The minimum Gasteiger partial charge on any atom is -0.481 e. The Bertz CT molecular complexity index is 752. The summed E-state index contributed by atoms with van der Waals surface area (Å²) in [6.45, 7) is 4.91. The molecule has 4 aliphatic rings. The fourth-order valence-corrected chi connectivity index (χ4v) is 5.68. The summed E-state index contributed by atoms with van der Waals surface area (Å²) in [5.41, 5.74) is 4.22. The number of fused-ring (bicyclic) bond motifs is 4. The molecule has 4 heteroatoms. The Morgan fingerprint density at radius 3 is 3.13 bits per heavy atom. The summed E-state index contributed by atoms with van der Waals surface area (Å²) in [5, 5.41) is 1.30. The second-order valence-electron chi connectivity index (χ2n) is 7.64. The zero-order valence-corrected chi connectivity index (χ0v) is 14.0. The highest BCUT2D eigenvalue weighted by molar-refractivity contribution is 5.85. The third kappa shape index (κ3) is 1.90. The van der Waals surface area contributed by atoms with E-state index in [0.29, 0.717) is 11.8 Å². The number of ether oxygens (including phenoxy) is 1. The number of hydrogen-bond acceptors (Lipinski definition) is 3. The number of pyridine rings is 1. The van der Waals surface area contributed by atoms with E-state index in [1.54, 1.807) is 7.11 Å². The molecule has 0 spiro atoms. The number of nitrogens with one attached hydrogen (secondary N) is 1. The van der Waals surface area contributed by atoms with E-state index >= 15 is 0 Å². The number of hydrogen-bond donors (Lipinski definition) is 1. The fourth-order valence-electron chi connectivity index (χ4n) is 5.68. The van der Waals surface area contributed by atoms with Crippen molar-refractivity contribution in [3.63, 3.8) is 0 Å². The van der Waals surface area contributed by atoms with Crippen molar-refractivity contribution >= 4 is 10.9 Å². The molecule has 3 fully saturated rings. The van der Waals surface area contributed by atoms with E-state index in [2.05, 4.69) is 27.9 Å². The molecule has 6 rings (SSSR count). The molecule has 5 atom stereocenters. The monoisotopic (exact) mass is 311 g/mol. The quantitative estimate of drug-likeness (QED) is 0.925. The van der Waals surface area contributed by atoms with Gasteiger partial charge in [-0.2, -0.15) is 0 Å². The van der Waals surface area contributed by atoms with E-state index in [-0.39, 0.29) is 0 Å². The normalized spacial score (nSPS) is 35.1. The number of rotatable bonds is 2. The lowest BCUT2D eigenvalue weighted by Crippen LogP contribution is -2.56. The lowest BCUT2D eigenvalue weighted by Gasteiger charge is -2.53. The minimum absolute atomic E-state index is 0.684. The third-order valence-corrected chi connectivity index (χ3v) is 6.58. The van der Waals surface area contributed by atoms with Gasteiger partial charge in [-0.3, -0.25) is 4.90 Å². The topological polar surface area (TPSA) is 41.1 Å². The van der Waals surface area contributed by atoms with Gasteiger partial charge in [0.15, 0.2) is 0 Å². The SMILES string of the molecule is CCC1CC2CC3c4[nH]c5cc(OC)ncc5c4CCN(C2)C13. The lowest BCUT2D eigenvalue weighted by atomic mass is 9.65. The van der Waals surface area contributed by atoms with Crippen LogP contribution in [-0.2, 0) is 6.42 Å². The first kappa shape index (κ1) is 13.8. The highest BCUT2D eigenvalue weighted by atomic mass is 16.5. The van der Waals surface area contributed by atoms with Crippen molar-refractivity contribution < 1.29 is 4.74 Å². The van der Waals surface area contributed by atoms with E-state index in [9.17, 15) is 0 Å². The molecule has 2 aromatic rings. The average molecular weight is 311 g/mol. The summed E-state index contributed by atoms with van der Waals surface area (Å²) in [6, 6.07) is 2.80. The molecule has 1 aliphatic carbocycles. The average Bonchev–Trinajstić information content (AvgIpc) is 2.92. The van der Waals surface area contributed by atoms with Crippen LogP contribution in [0.5, 0.6) is 5.88 Å². The molecule has 4 bridgehead atoms. The van der Waals surface area contributed by atoms with Gasteiger partial charge >= 0.3 is 0 Å². The van der Waals surface area contributed by atoms with Gasteiger partial charge in [0.05, 0.1) is 12.6 Å². The highest BCUT2D eigenvalue weighted by Gasteiger charge is 2.48.